The van der Waals surface area contributed by atoms with Gasteiger partial charge in [-0.05, 0) is 23.1 Å². The van der Waals surface area contributed by atoms with Crippen LogP contribution in [0, 0.1) is 0 Å². The fourth-order valence-corrected chi connectivity index (χ4v) is 1.94. The minimum Gasteiger partial charge on any atom is -0.356 e. The van der Waals surface area contributed by atoms with Crippen molar-refractivity contribution in [1.29, 1.82) is 0 Å². The molecule has 0 aliphatic heterocycles. The first-order valence-electron chi connectivity index (χ1n) is 6.10. The first-order valence-corrected chi connectivity index (χ1v) is 6.10. The number of rotatable bonds is 0. The quantitative estimate of drug-likeness (QED) is 0.670. The molecule has 0 radical (unpaired) electrons. The van der Waals surface area contributed by atoms with Gasteiger partial charge in [-0.25, -0.2) is 0 Å². The van der Waals surface area contributed by atoms with Crippen LogP contribution in [0.25, 0.3) is 11.0 Å². The zero-order valence-corrected chi connectivity index (χ0v) is 11.6. The average molecular weight is 231 g/mol. The zero-order chi connectivity index (χ0) is 12.8. The van der Waals surface area contributed by atoms with Crippen molar-refractivity contribution >= 4 is 11.0 Å². The molecule has 0 saturated heterocycles. The molecule has 0 fully saturated rings. The third kappa shape index (κ3) is 2.21. The molecule has 1 aromatic carbocycles. The fraction of sp³-hybridized carbons (Fsp3) is 0.533. The van der Waals surface area contributed by atoms with Crippen LogP contribution in [-0.2, 0) is 10.8 Å². The Morgan fingerprint density at radius 3 is 2.12 bits per heavy atom. The molecular weight excluding hydrogens is 210 g/mol. The predicted molar refractivity (Wildman–Crippen MR) is 71.4 cm³/mol. The van der Waals surface area contributed by atoms with Crippen LogP contribution in [0.4, 0.5) is 0 Å². The molecule has 2 rings (SSSR count). The maximum atomic E-state index is 5.46. The molecule has 92 valence electrons. The molecule has 0 bridgehead atoms. The summed E-state index contributed by atoms with van der Waals surface area (Å²) in [7, 11) is 0. The smallest absolute Gasteiger partial charge is 0.167 e. The van der Waals surface area contributed by atoms with Crippen LogP contribution in [0.1, 0.15) is 52.8 Å². The number of hydrogen-bond acceptors (Lipinski definition) is 2. The second kappa shape index (κ2) is 3.59. The van der Waals surface area contributed by atoms with E-state index >= 15 is 0 Å². The standard InChI is InChI=1S/C15H21NO/c1-14(2,3)10-7-8-11-12(9-10)17-16-13(11)15(4,5)6/h7-9H,1-6H3. The van der Waals surface area contributed by atoms with E-state index in [1.807, 2.05) is 0 Å². The molecule has 0 aliphatic rings. The van der Waals surface area contributed by atoms with Gasteiger partial charge in [-0.3, -0.25) is 0 Å². The average Bonchev–Trinajstić information content (AvgIpc) is 2.57. The lowest BCUT2D eigenvalue weighted by molar-refractivity contribution is 0.419. The summed E-state index contributed by atoms with van der Waals surface area (Å²) < 4.78 is 5.46. The van der Waals surface area contributed by atoms with Crippen molar-refractivity contribution in [2.45, 2.75) is 52.4 Å². The second-order valence-corrected chi connectivity index (χ2v) is 6.74. The minimum absolute atomic E-state index is 0.0223. The van der Waals surface area contributed by atoms with E-state index in [1.54, 1.807) is 0 Å². The lowest BCUT2D eigenvalue weighted by Crippen LogP contribution is -2.12. The Hall–Kier alpha value is -1.31. The van der Waals surface area contributed by atoms with E-state index in [0.29, 0.717) is 0 Å². The number of fused-ring (bicyclic) bond motifs is 1. The summed E-state index contributed by atoms with van der Waals surface area (Å²) in [4.78, 5) is 0. The van der Waals surface area contributed by atoms with Gasteiger partial charge < -0.3 is 4.52 Å². The summed E-state index contributed by atoms with van der Waals surface area (Å²) in [6.45, 7) is 13.1. The molecule has 0 amide bonds. The zero-order valence-electron chi connectivity index (χ0n) is 11.6. The van der Waals surface area contributed by atoms with E-state index in [0.717, 1.165) is 16.7 Å². The van der Waals surface area contributed by atoms with Crippen LogP contribution in [0.5, 0.6) is 0 Å². The number of benzene rings is 1. The monoisotopic (exact) mass is 231 g/mol. The van der Waals surface area contributed by atoms with Crippen molar-refractivity contribution < 1.29 is 4.52 Å². The topological polar surface area (TPSA) is 26.0 Å². The van der Waals surface area contributed by atoms with Gasteiger partial charge in [0.15, 0.2) is 5.58 Å². The molecule has 2 heteroatoms. The van der Waals surface area contributed by atoms with Gasteiger partial charge in [0.05, 0.1) is 5.69 Å². The minimum atomic E-state index is 0.0223. The van der Waals surface area contributed by atoms with Crippen LogP contribution in [0.3, 0.4) is 0 Å². The lowest BCUT2D eigenvalue weighted by Gasteiger charge is -2.19. The Morgan fingerprint density at radius 2 is 1.59 bits per heavy atom. The summed E-state index contributed by atoms with van der Waals surface area (Å²) in [5.41, 5.74) is 3.37. The summed E-state index contributed by atoms with van der Waals surface area (Å²) in [6, 6.07) is 6.42. The second-order valence-electron chi connectivity index (χ2n) is 6.74. The molecule has 0 aliphatic carbocycles. The maximum Gasteiger partial charge on any atom is 0.167 e. The third-order valence-corrected chi connectivity index (χ3v) is 3.05. The van der Waals surface area contributed by atoms with Gasteiger partial charge in [0.1, 0.15) is 0 Å². The first-order chi connectivity index (χ1) is 7.69. The molecule has 1 aromatic heterocycles. The normalized spacial score (nSPS) is 13.3. The molecule has 17 heavy (non-hydrogen) atoms. The highest BCUT2D eigenvalue weighted by atomic mass is 16.5. The van der Waals surface area contributed by atoms with E-state index in [1.165, 1.54) is 5.56 Å². The highest BCUT2D eigenvalue weighted by Gasteiger charge is 2.23. The lowest BCUT2D eigenvalue weighted by atomic mass is 9.85. The van der Waals surface area contributed by atoms with Crippen LogP contribution >= 0.6 is 0 Å². The van der Waals surface area contributed by atoms with Crippen molar-refractivity contribution in [2.75, 3.05) is 0 Å². The molecule has 2 aromatic rings. The van der Waals surface area contributed by atoms with Crippen LogP contribution < -0.4 is 0 Å². The van der Waals surface area contributed by atoms with Crippen molar-refractivity contribution in [3.63, 3.8) is 0 Å². The predicted octanol–water partition coefficient (Wildman–Crippen LogP) is 4.42. The van der Waals surface area contributed by atoms with E-state index in [9.17, 15) is 0 Å². The summed E-state index contributed by atoms with van der Waals surface area (Å²) in [5, 5.41) is 5.34. The van der Waals surface area contributed by atoms with Gasteiger partial charge >= 0.3 is 0 Å². The summed E-state index contributed by atoms with van der Waals surface area (Å²) in [5.74, 6) is 0. The van der Waals surface area contributed by atoms with Gasteiger partial charge in [-0.15, -0.1) is 0 Å². The molecule has 0 spiro atoms. The number of aromatic nitrogens is 1. The van der Waals surface area contributed by atoms with Crippen molar-refractivity contribution in [1.82, 2.24) is 5.16 Å². The Labute approximate surface area is 103 Å². The molecule has 2 nitrogen and oxygen atoms in total. The van der Waals surface area contributed by atoms with Gasteiger partial charge in [-0.2, -0.15) is 0 Å². The van der Waals surface area contributed by atoms with Crippen LogP contribution in [-0.4, -0.2) is 5.16 Å². The highest BCUT2D eigenvalue weighted by Crippen LogP contribution is 2.32. The van der Waals surface area contributed by atoms with Gasteiger partial charge in [0, 0.05) is 10.8 Å². The van der Waals surface area contributed by atoms with E-state index in [4.69, 9.17) is 4.52 Å². The third-order valence-electron chi connectivity index (χ3n) is 3.05. The molecule has 0 atom stereocenters. The Morgan fingerprint density at radius 1 is 0.941 bits per heavy atom. The Balaban J connectivity index is 2.61. The van der Waals surface area contributed by atoms with Gasteiger partial charge in [-0.1, -0.05) is 52.8 Å². The summed E-state index contributed by atoms with van der Waals surface area (Å²) >= 11 is 0. The van der Waals surface area contributed by atoms with E-state index in [2.05, 4.69) is 64.9 Å². The van der Waals surface area contributed by atoms with Crippen molar-refractivity contribution in [2.24, 2.45) is 0 Å². The molecule has 0 unspecified atom stereocenters. The van der Waals surface area contributed by atoms with E-state index in [-0.39, 0.29) is 10.8 Å². The number of nitrogens with zero attached hydrogens (tertiary/aromatic N) is 1. The fourth-order valence-electron chi connectivity index (χ4n) is 1.94. The van der Waals surface area contributed by atoms with Crippen molar-refractivity contribution in [3.05, 3.63) is 29.5 Å². The molecule has 1 heterocycles. The van der Waals surface area contributed by atoms with Gasteiger partial charge in [0.25, 0.3) is 0 Å². The van der Waals surface area contributed by atoms with Crippen LogP contribution in [0.15, 0.2) is 22.7 Å². The molecule has 0 saturated carbocycles. The maximum absolute atomic E-state index is 5.46. The van der Waals surface area contributed by atoms with Crippen molar-refractivity contribution in [3.8, 4) is 0 Å². The van der Waals surface area contributed by atoms with E-state index < -0.39 is 0 Å². The largest absolute Gasteiger partial charge is 0.356 e. The first kappa shape index (κ1) is 12.2. The van der Waals surface area contributed by atoms with Crippen LogP contribution in [0.2, 0.25) is 0 Å². The Kier molecular flexibility index (Phi) is 2.57. The SMILES string of the molecule is CC(C)(C)c1ccc2c(C(C)(C)C)noc2c1. The molecular formula is C15H21NO. The highest BCUT2D eigenvalue weighted by molar-refractivity contribution is 5.81. The number of hydrogen-bond donors (Lipinski definition) is 0. The van der Waals surface area contributed by atoms with Gasteiger partial charge in [0.2, 0.25) is 0 Å². The molecule has 0 N–H and O–H groups in total. The summed E-state index contributed by atoms with van der Waals surface area (Å²) in [6.07, 6.45) is 0. The Bertz CT molecular complexity index is 538.